The lowest BCUT2D eigenvalue weighted by Crippen LogP contribution is -2.20. The number of phenols is 1. The van der Waals surface area contributed by atoms with Crippen molar-refractivity contribution in [2.75, 3.05) is 11.9 Å². The number of amides is 1. The summed E-state index contributed by atoms with van der Waals surface area (Å²) in [7, 11) is 0. The molecule has 1 amide bonds. The van der Waals surface area contributed by atoms with Crippen molar-refractivity contribution in [3.8, 4) is 5.75 Å². The molecule has 2 N–H and O–H groups in total. The van der Waals surface area contributed by atoms with Crippen LogP contribution in [0.15, 0.2) is 42.5 Å². The molecular weight excluding hydrogens is 328 g/mol. The van der Waals surface area contributed by atoms with E-state index in [9.17, 15) is 14.7 Å². The predicted molar refractivity (Wildman–Crippen MR) is 91.4 cm³/mol. The molecule has 3 aromatic rings. The number of nitrogens with one attached hydrogen (secondary N) is 1. The van der Waals surface area contributed by atoms with Crippen molar-refractivity contribution in [2.24, 2.45) is 0 Å². The minimum absolute atomic E-state index is 0.0513. The number of aromatic hydroxyl groups is 1. The topological polar surface area (TPSA) is 88.5 Å². The van der Waals surface area contributed by atoms with E-state index in [2.05, 4.69) is 10.3 Å². The normalized spacial score (nSPS) is 10.5. The van der Waals surface area contributed by atoms with Crippen LogP contribution in [0.2, 0.25) is 0 Å². The van der Waals surface area contributed by atoms with Gasteiger partial charge in [0, 0.05) is 0 Å². The molecule has 0 spiro atoms. The molecular formula is C17H14N2O4S. The Kier molecular flexibility index (Phi) is 4.43. The van der Waals surface area contributed by atoms with Crippen molar-refractivity contribution in [2.45, 2.75) is 6.92 Å². The van der Waals surface area contributed by atoms with E-state index in [-0.39, 0.29) is 11.3 Å². The number of thiazole rings is 1. The minimum atomic E-state index is -0.634. The largest absolute Gasteiger partial charge is 0.508 e. The first kappa shape index (κ1) is 15.9. The first-order valence-electron chi connectivity index (χ1n) is 7.14. The van der Waals surface area contributed by atoms with Crippen molar-refractivity contribution in [3.05, 3.63) is 53.6 Å². The number of hydrogen-bond donors (Lipinski definition) is 2. The molecule has 0 atom stereocenters. The van der Waals surface area contributed by atoms with Crippen LogP contribution in [0, 0.1) is 6.92 Å². The van der Waals surface area contributed by atoms with Gasteiger partial charge in [0.05, 0.1) is 15.8 Å². The summed E-state index contributed by atoms with van der Waals surface area (Å²) in [5, 5.41) is 12.3. The number of esters is 1. The Bertz CT molecular complexity index is 903. The molecule has 0 radical (unpaired) electrons. The quantitative estimate of drug-likeness (QED) is 0.711. The molecule has 0 saturated carbocycles. The fourth-order valence-electron chi connectivity index (χ4n) is 2.05. The zero-order chi connectivity index (χ0) is 17.1. The Balaban J connectivity index is 1.58. The van der Waals surface area contributed by atoms with E-state index in [1.54, 1.807) is 0 Å². The van der Waals surface area contributed by atoms with Gasteiger partial charge in [-0.15, -0.1) is 0 Å². The minimum Gasteiger partial charge on any atom is -0.508 e. The highest BCUT2D eigenvalue weighted by Gasteiger charge is 2.12. The summed E-state index contributed by atoms with van der Waals surface area (Å²) >= 11 is 1.36. The van der Waals surface area contributed by atoms with Gasteiger partial charge in [-0.25, -0.2) is 9.78 Å². The summed E-state index contributed by atoms with van der Waals surface area (Å²) in [6, 6.07) is 11.4. The van der Waals surface area contributed by atoms with Crippen LogP contribution in [0.4, 0.5) is 5.13 Å². The van der Waals surface area contributed by atoms with Gasteiger partial charge in [0.1, 0.15) is 5.75 Å². The third kappa shape index (κ3) is 3.69. The third-order valence-corrected chi connectivity index (χ3v) is 4.16. The number of benzene rings is 2. The number of aromatic nitrogens is 1. The number of carbonyl (C=O) groups is 2. The van der Waals surface area contributed by atoms with Gasteiger partial charge >= 0.3 is 5.97 Å². The number of hydrogen-bond acceptors (Lipinski definition) is 6. The van der Waals surface area contributed by atoms with Crippen LogP contribution in [-0.4, -0.2) is 28.6 Å². The monoisotopic (exact) mass is 342 g/mol. The number of ether oxygens (including phenoxy) is 1. The van der Waals surface area contributed by atoms with Crippen molar-refractivity contribution in [1.29, 1.82) is 0 Å². The Morgan fingerprint density at radius 2 is 1.96 bits per heavy atom. The summed E-state index contributed by atoms with van der Waals surface area (Å²) in [6.07, 6.45) is 0. The molecule has 24 heavy (non-hydrogen) atoms. The van der Waals surface area contributed by atoms with Gasteiger partial charge in [-0.1, -0.05) is 17.4 Å². The van der Waals surface area contributed by atoms with E-state index < -0.39 is 18.5 Å². The second-order valence-electron chi connectivity index (χ2n) is 5.16. The van der Waals surface area contributed by atoms with Crippen molar-refractivity contribution in [1.82, 2.24) is 4.98 Å². The van der Waals surface area contributed by atoms with Crippen LogP contribution in [0.3, 0.4) is 0 Å². The molecule has 6 nitrogen and oxygen atoms in total. The molecule has 2 aromatic carbocycles. The highest BCUT2D eigenvalue weighted by molar-refractivity contribution is 7.22. The fraction of sp³-hybridized carbons (Fsp3) is 0.118. The number of aryl methyl sites for hydroxylation is 1. The lowest BCUT2D eigenvalue weighted by molar-refractivity contribution is -0.119. The van der Waals surface area contributed by atoms with E-state index >= 15 is 0 Å². The SMILES string of the molecule is Cc1ccc2nc(NC(=O)COC(=O)c3ccc(O)cc3)sc2c1. The van der Waals surface area contributed by atoms with Crippen LogP contribution >= 0.6 is 11.3 Å². The molecule has 1 aromatic heterocycles. The zero-order valence-corrected chi connectivity index (χ0v) is 13.6. The van der Waals surface area contributed by atoms with Crippen LogP contribution < -0.4 is 5.32 Å². The second-order valence-corrected chi connectivity index (χ2v) is 6.19. The number of fused-ring (bicyclic) bond motifs is 1. The van der Waals surface area contributed by atoms with Crippen LogP contribution in [-0.2, 0) is 9.53 Å². The van der Waals surface area contributed by atoms with Gasteiger partial charge in [0.15, 0.2) is 11.7 Å². The summed E-state index contributed by atoms with van der Waals surface area (Å²) in [6.45, 7) is 1.58. The number of rotatable bonds is 4. The molecule has 1 heterocycles. The maximum Gasteiger partial charge on any atom is 0.338 e. The number of carbonyl (C=O) groups excluding carboxylic acids is 2. The van der Waals surface area contributed by atoms with E-state index in [1.165, 1.54) is 35.6 Å². The molecule has 0 fully saturated rings. The molecule has 0 aliphatic rings. The summed E-state index contributed by atoms with van der Waals surface area (Å²) in [5.41, 5.74) is 2.19. The van der Waals surface area contributed by atoms with E-state index in [1.807, 2.05) is 25.1 Å². The lowest BCUT2D eigenvalue weighted by atomic mass is 10.2. The van der Waals surface area contributed by atoms with Gasteiger partial charge in [-0.3, -0.25) is 10.1 Å². The molecule has 0 aliphatic heterocycles. The summed E-state index contributed by atoms with van der Waals surface area (Å²) in [5.74, 6) is -1.04. The number of anilines is 1. The standard InChI is InChI=1S/C17H14N2O4S/c1-10-2-7-13-14(8-10)24-17(18-13)19-15(21)9-23-16(22)11-3-5-12(20)6-4-11/h2-8,20H,9H2,1H3,(H,18,19,21). The average Bonchev–Trinajstić information content (AvgIpc) is 2.94. The van der Waals surface area contributed by atoms with Crippen LogP contribution in [0.1, 0.15) is 15.9 Å². The van der Waals surface area contributed by atoms with Gasteiger partial charge in [-0.2, -0.15) is 0 Å². The Hall–Kier alpha value is -2.93. The molecule has 7 heteroatoms. The Morgan fingerprint density at radius 1 is 1.21 bits per heavy atom. The van der Waals surface area contributed by atoms with Crippen LogP contribution in [0.5, 0.6) is 5.75 Å². The summed E-state index contributed by atoms with van der Waals surface area (Å²) < 4.78 is 5.92. The van der Waals surface area contributed by atoms with E-state index in [0.717, 1.165) is 15.8 Å². The maximum atomic E-state index is 11.9. The van der Waals surface area contributed by atoms with Crippen LogP contribution in [0.25, 0.3) is 10.2 Å². The highest BCUT2D eigenvalue weighted by Crippen LogP contribution is 2.26. The maximum absolute atomic E-state index is 11.9. The molecule has 0 aliphatic carbocycles. The van der Waals surface area contributed by atoms with E-state index in [4.69, 9.17) is 4.74 Å². The lowest BCUT2D eigenvalue weighted by Gasteiger charge is -2.04. The molecule has 0 saturated heterocycles. The van der Waals surface area contributed by atoms with Gasteiger partial charge in [0.25, 0.3) is 5.91 Å². The van der Waals surface area contributed by atoms with Crippen molar-refractivity contribution >= 4 is 38.6 Å². The molecule has 3 rings (SSSR count). The zero-order valence-electron chi connectivity index (χ0n) is 12.8. The molecule has 0 bridgehead atoms. The highest BCUT2D eigenvalue weighted by atomic mass is 32.1. The fourth-order valence-corrected chi connectivity index (χ4v) is 3.03. The number of nitrogens with zero attached hydrogens (tertiary/aromatic N) is 1. The van der Waals surface area contributed by atoms with Gasteiger partial charge in [-0.05, 0) is 48.9 Å². The number of phenolic OH excluding ortho intramolecular Hbond substituents is 1. The molecule has 122 valence electrons. The molecule has 0 unspecified atom stereocenters. The summed E-state index contributed by atoms with van der Waals surface area (Å²) in [4.78, 5) is 28.0. The second kappa shape index (κ2) is 6.67. The Labute approximate surface area is 141 Å². The average molecular weight is 342 g/mol. The smallest absolute Gasteiger partial charge is 0.338 e. The first-order valence-corrected chi connectivity index (χ1v) is 7.96. The Morgan fingerprint density at radius 3 is 2.71 bits per heavy atom. The predicted octanol–water partition coefficient (Wildman–Crippen LogP) is 3.11. The first-order chi connectivity index (χ1) is 11.5. The third-order valence-electron chi connectivity index (χ3n) is 3.23. The van der Waals surface area contributed by atoms with Crippen molar-refractivity contribution < 1.29 is 19.4 Å². The van der Waals surface area contributed by atoms with Gasteiger partial charge in [0.2, 0.25) is 0 Å². The van der Waals surface area contributed by atoms with Crippen molar-refractivity contribution in [3.63, 3.8) is 0 Å². The van der Waals surface area contributed by atoms with E-state index in [0.29, 0.717) is 5.13 Å². The van der Waals surface area contributed by atoms with Gasteiger partial charge < -0.3 is 9.84 Å².